The Hall–Kier alpha value is -2.21. The summed E-state index contributed by atoms with van der Waals surface area (Å²) in [4.78, 5) is 23.3. The molecule has 0 aliphatic heterocycles. The molecular formula is C13H10N2O3S. The fraction of sp³-hybridized carbons (Fsp3) is 0.154. The monoisotopic (exact) mass is 274 g/mol. The topological polar surface area (TPSA) is 65.1 Å². The van der Waals surface area contributed by atoms with Gasteiger partial charge < -0.3 is 9.09 Å². The van der Waals surface area contributed by atoms with Crippen molar-refractivity contribution in [2.75, 3.05) is 0 Å². The van der Waals surface area contributed by atoms with E-state index in [2.05, 4.69) is 5.16 Å². The van der Waals surface area contributed by atoms with E-state index in [0.717, 1.165) is 4.70 Å². The maximum Gasteiger partial charge on any atom is 0.259 e. The highest BCUT2D eigenvalue weighted by Crippen LogP contribution is 2.16. The summed E-state index contributed by atoms with van der Waals surface area (Å²) in [6.45, 7) is 1.69. The SMILES string of the molecule is CC(=O)c1cc(Cn2ccc3sccc3c2=O)on1. The molecule has 0 bridgehead atoms. The smallest absolute Gasteiger partial charge is 0.259 e. The molecule has 3 aromatic heterocycles. The lowest BCUT2D eigenvalue weighted by Gasteiger charge is -2.01. The number of fused-ring (bicyclic) bond motifs is 1. The number of carbonyl (C=O) groups excluding carboxylic acids is 1. The van der Waals surface area contributed by atoms with Crippen LogP contribution in [-0.4, -0.2) is 15.5 Å². The third-order valence-electron chi connectivity index (χ3n) is 2.84. The lowest BCUT2D eigenvalue weighted by atomic mass is 10.3. The van der Waals surface area contributed by atoms with Crippen molar-refractivity contribution in [1.29, 1.82) is 0 Å². The van der Waals surface area contributed by atoms with Gasteiger partial charge >= 0.3 is 0 Å². The van der Waals surface area contributed by atoms with E-state index in [4.69, 9.17) is 4.52 Å². The minimum absolute atomic E-state index is 0.0699. The maximum atomic E-state index is 12.2. The van der Waals surface area contributed by atoms with Crippen molar-refractivity contribution in [2.45, 2.75) is 13.5 Å². The van der Waals surface area contributed by atoms with Crippen molar-refractivity contribution in [3.05, 3.63) is 51.6 Å². The minimum atomic E-state index is -0.157. The van der Waals surface area contributed by atoms with Crippen molar-refractivity contribution >= 4 is 27.2 Å². The molecule has 0 aliphatic carbocycles. The third kappa shape index (κ3) is 2.10. The summed E-state index contributed by atoms with van der Waals surface area (Å²) in [5.74, 6) is 0.331. The molecule has 3 heterocycles. The predicted octanol–water partition coefficient (Wildman–Crippen LogP) is 2.30. The number of ketones is 1. The molecule has 3 rings (SSSR count). The van der Waals surface area contributed by atoms with Gasteiger partial charge in [-0.2, -0.15) is 0 Å². The Morgan fingerprint density at radius 2 is 2.32 bits per heavy atom. The predicted molar refractivity (Wildman–Crippen MR) is 71.7 cm³/mol. The molecule has 0 unspecified atom stereocenters. The summed E-state index contributed by atoms with van der Waals surface area (Å²) in [6.07, 6.45) is 1.72. The number of hydrogen-bond acceptors (Lipinski definition) is 5. The van der Waals surface area contributed by atoms with Crippen molar-refractivity contribution in [1.82, 2.24) is 9.72 Å². The first-order chi connectivity index (χ1) is 9.15. The first-order valence-corrected chi connectivity index (χ1v) is 6.56. The van der Waals surface area contributed by atoms with Crippen molar-refractivity contribution < 1.29 is 9.32 Å². The van der Waals surface area contributed by atoms with Crippen LogP contribution in [0.1, 0.15) is 23.2 Å². The summed E-state index contributed by atoms with van der Waals surface area (Å²) in [7, 11) is 0. The molecule has 0 saturated carbocycles. The van der Waals surface area contributed by atoms with E-state index in [1.165, 1.54) is 18.3 Å². The van der Waals surface area contributed by atoms with E-state index >= 15 is 0 Å². The molecule has 96 valence electrons. The molecule has 0 spiro atoms. The molecule has 5 nitrogen and oxygen atoms in total. The van der Waals surface area contributed by atoms with E-state index in [9.17, 15) is 9.59 Å². The second kappa shape index (κ2) is 4.47. The van der Waals surface area contributed by atoms with Crippen molar-refractivity contribution in [3.8, 4) is 0 Å². The van der Waals surface area contributed by atoms with Gasteiger partial charge in [0.1, 0.15) is 5.69 Å². The van der Waals surface area contributed by atoms with Crippen LogP contribution in [0.5, 0.6) is 0 Å². The van der Waals surface area contributed by atoms with Crippen LogP contribution in [0.2, 0.25) is 0 Å². The number of aromatic nitrogens is 2. The largest absolute Gasteiger partial charge is 0.359 e. The molecular weight excluding hydrogens is 264 g/mol. The second-order valence-electron chi connectivity index (χ2n) is 4.18. The maximum absolute atomic E-state index is 12.2. The van der Waals surface area contributed by atoms with Gasteiger partial charge in [-0.15, -0.1) is 11.3 Å². The zero-order chi connectivity index (χ0) is 13.4. The van der Waals surface area contributed by atoms with Crippen LogP contribution in [0.3, 0.4) is 0 Å². The number of rotatable bonds is 3. The van der Waals surface area contributed by atoms with Crippen molar-refractivity contribution in [3.63, 3.8) is 0 Å². The van der Waals surface area contributed by atoms with Crippen LogP contribution in [0, 0.1) is 0 Å². The number of Topliss-reactive ketones (excluding diaryl/α,β-unsaturated/α-hetero) is 1. The van der Waals surface area contributed by atoms with Gasteiger partial charge in [-0.05, 0) is 17.5 Å². The molecule has 19 heavy (non-hydrogen) atoms. The van der Waals surface area contributed by atoms with Gasteiger partial charge in [-0.25, -0.2) is 0 Å². The molecule has 0 fully saturated rings. The van der Waals surface area contributed by atoms with E-state index in [1.807, 2.05) is 11.4 Å². The Bertz CT molecular complexity index is 813. The number of thiophene rings is 1. The van der Waals surface area contributed by atoms with Gasteiger partial charge in [0.15, 0.2) is 11.5 Å². The van der Waals surface area contributed by atoms with Gasteiger partial charge in [-0.3, -0.25) is 9.59 Å². The molecule has 0 radical (unpaired) electrons. The van der Waals surface area contributed by atoms with Crippen LogP contribution in [0.15, 0.2) is 39.1 Å². The van der Waals surface area contributed by atoms with Crippen LogP contribution in [0.25, 0.3) is 10.1 Å². The number of carbonyl (C=O) groups is 1. The molecule has 6 heteroatoms. The average Bonchev–Trinajstić information content (AvgIpc) is 3.01. The van der Waals surface area contributed by atoms with Gasteiger partial charge in [0.2, 0.25) is 0 Å². The molecule has 0 aromatic carbocycles. The summed E-state index contributed by atoms with van der Waals surface area (Å²) in [5, 5.41) is 6.24. The van der Waals surface area contributed by atoms with Gasteiger partial charge in [0.05, 0.1) is 11.9 Å². The summed E-state index contributed by atoms with van der Waals surface area (Å²) in [6, 6.07) is 5.26. The first kappa shape index (κ1) is 11.9. The Balaban J connectivity index is 1.98. The standard InChI is InChI=1S/C13H10N2O3S/c1-8(16)11-6-9(18-14-11)7-15-4-2-12-10(13(15)17)3-5-19-12/h2-6H,7H2,1H3. The fourth-order valence-corrected chi connectivity index (χ4v) is 2.63. The van der Waals surface area contributed by atoms with Crippen molar-refractivity contribution in [2.24, 2.45) is 0 Å². The number of hydrogen-bond donors (Lipinski definition) is 0. The zero-order valence-corrected chi connectivity index (χ0v) is 10.9. The molecule has 3 aromatic rings. The Morgan fingerprint density at radius 3 is 3.05 bits per heavy atom. The highest BCUT2D eigenvalue weighted by molar-refractivity contribution is 7.17. The van der Waals surface area contributed by atoms with Gasteiger partial charge in [0.25, 0.3) is 5.56 Å². The lowest BCUT2D eigenvalue weighted by molar-refractivity contribution is 0.100. The molecule has 0 amide bonds. The van der Waals surface area contributed by atoms with E-state index in [-0.39, 0.29) is 23.6 Å². The molecule has 0 atom stereocenters. The van der Waals surface area contributed by atoms with Crippen LogP contribution in [0.4, 0.5) is 0 Å². The van der Waals surface area contributed by atoms with Gasteiger partial charge in [-0.1, -0.05) is 5.16 Å². The molecule has 0 saturated heterocycles. The van der Waals surface area contributed by atoms with Crippen LogP contribution in [-0.2, 0) is 6.54 Å². The Labute approximate surface area is 112 Å². The fourth-order valence-electron chi connectivity index (χ4n) is 1.85. The van der Waals surface area contributed by atoms with E-state index < -0.39 is 0 Å². The zero-order valence-electron chi connectivity index (χ0n) is 10.1. The third-order valence-corrected chi connectivity index (χ3v) is 3.72. The summed E-state index contributed by atoms with van der Waals surface area (Å²) in [5.41, 5.74) is 0.208. The van der Waals surface area contributed by atoms with Crippen LogP contribution >= 0.6 is 11.3 Å². The van der Waals surface area contributed by atoms with E-state index in [1.54, 1.807) is 22.9 Å². The quantitative estimate of drug-likeness (QED) is 0.687. The average molecular weight is 274 g/mol. The minimum Gasteiger partial charge on any atom is -0.359 e. The Kier molecular flexibility index (Phi) is 2.79. The highest BCUT2D eigenvalue weighted by Gasteiger charge is 2.10. The summed E-state index contributed by atoms with van der Waals surface area (Å²) < 4.78 is 7.55. The summed E-state index contributed by atoms with van der Waals surface area (Å²) >= 11 is 1.53. The number of pyridine rings is 1. The number of nitrogens with zero attached hydrogens (tertiary/aromatic N) is 2. The normalized spacial score (nSPS) is 11.0. The van der Waals surface area contributed by atoms with Gasteiger partial charge in [0, 0.05) is 23.9 Å². The van der Waals surface area contributed by atoms with E-state index in [0.29, 0.717) is 11.1 Å². The molecule has 0 aliphatic rings. The lowest BCUT2D eigenvalue weighted by Crippen LogP contribution is -2.19. The Morgan fingerprint density at radius 1 is 1.47 bits per heavy atom. The van der Waals surface area contributed by atoms with Crippen LogP contribution < -0.4 is 5.56 Å². The molecule has 0 N–H and O–H groups in total. The highest BCUT2D eigenvalue weighted by atomic mass is 32.1. The second-order valence-corrected chi connectivity index (χ2v) is 5.13. The first-order valence-electron chi connectivity index (χ1n) is 5.68.